The van der Waals surface area contributed by atoms with Gasteiger partial charge in [-0.2, -0.15) is 0 Å². The van der Waals surface area contributed by atoms with E-state index < -0.39 is 5.97 Å². The summed E-state index contributed by atoms with van der Waals surface area (Å²) in [6, 6.07) is 14.8. The van der Waals surface area contributed by atoms with E-state index in [1.54, 1.807) is 0 Å². The van der Waals surface area contributed by atoms with Crippen LogP contribution in [0.3, 0.4) is 0 Å². The van der Waals surface area contributed by atoms with E-state index in [4.69, 9.17) is 0 Å². The topological polar surface area (TPSA) is 67.8 Å². The van der Waals surface area contributed by atoms with E-state index in [9.17, 15) is 9.90 Å². The van der Waals surface area contributed by atoms with Crippen LogP contribution in [0.25, 0.3) is 10.8 Å². The van der Waals surface area contributed by atoms with Gasteiger partial charge in [-0.05, 0) is 48.3 Å². The second-order valence-corrected chi connectivity index (χ2v) is 10.8. The fourth-order valence-corrected chi connectivity index (χ4v) is 4.79. The van der Waals surface area contributed by atoms with Crippen LogP contribution in [0.2, 0.25) is 0 Å². The fraction of sp³-hybridized carbons (Fsp3) is 0.595. The van der Waals surface area contributed by atoms with Gasteiger partial charge >= 0.3 is 0 Å². The van der Waals surface area contributed by atoms with Crippen molar-refractivity contribution in [3.05, 3.63) is 48.0 Å². The first-order valence-electron chi connectivity index (χ1n) is 16.1. The van der Waals surface area contributed by atoms with Crippen molar-refractivity contribution in [1.82, 2.24) is 0 Å². The summed E-state index contributed by atoms with van der Waals surface area (Å²) in [5, 5.41) is 12.9. The van der Waals surface area contributed by atoms with Gasteiger partial charge in [0, 0.05) is 24.4 Å². The Labute approximate surface area is 245 Å². The molecule has 0 aliphatic carbocycles. The van der Waals surface area contributed by atoms with Gasteiger partial charge in [0.15, 0.2) is 0 Å². The lowest BCUT2D eigenvalue weighted by Gasteiger charge is -2.02. The molecule has 0 aliphatic rings. The predicted molar refractivity (Wildman–Crippen MR) is 169 cm³/mol. The van der Waals surface area contributed by atoms with Gasteiger partial charge in [-0.15, -0.1) is 0 Å². The molecule has 0 amide bonds. The Bertz CT molecular complexity index is 1020. The van der Waals surface area contributed by atoms with Crippen LogP contribution in [-0.4, -0.2) is 5.97 Å². The number of fused-ring (bicyclic) bond motifs is 1. The molecule has 2 rings (SSSR count). The highest BCUT2D eigenvalue weighted by Crippen LogP contribution is 2.17. The molecule has 2 aromatic carbocycles. The number of benzene rings is 2. The van der Waals surface area contributed by atoms with Crippen LogP contribution in [-0.2, 0) is 11.3 Å². The van der Waals surface area contributed by atoms with Gasteiger partial charge in [0.1, 0.15) is 6.54 Å². The molecule has 0 radical (unpaired) electrons. The minimum atomic E-state index is -0.926. The molecular weight excluding hydrogens is 490 g/mol. The van der Waals surface area contributed by atoms with Crippen molar-refractivity contribution in [3.8, 4) is 23.7 Å². The minimum absolute atomic E-state index is 0.204. The molecule has 0 heterocycles. The Kier molecular flexibility index (Phi) is 23.3. The number of aliphatic carboxylic acids is 1. The van der Waals surface area contributed by atoms with Gasteiger partial charge in [-0.3, -0.25) is 0 Å². The SMILES string of the molecule is CCCCCCCCCCCCC#CC#CCCCCCCCCCC(=O)[O-].[NH3+]Cc1cccc2ccccc12. The van der Waals surface area contributed by atoms with Gasteiger partial charge in [-0.1, -0.05) is 151 Å². The van der Waals surface area contributed by atoms with Crippen LogP contribution < -0.4 is 10.8 Å². The molecule has 0 saturated carbocycles. The standard InChI is InChI=1S/C26H44O2.C11H11N/c1-2-3-4-5-6-7-8-9-10-11-12-13-14-15-16-17-18-19-20-21-22-23-24-25-26(27)28;12-8-10-6-3-5-9-4-1-2-7-11(9)10/h2-12,17-25H2,1H3,(H,27,28);1-7H,8,12H2. The van der Waals surface area contributed by atoms with E-state index in [1.807, 2.05) is 0 Å². The van der Waals surface area contributed by atoms with Crippen LogP contribution in [0.4, 0.5) is 0 Å². The van der Waals surface area contributed by atoms with E-state index in [0.29, 0.717) is 0 Å². The molecule has 0 atom stereocenters. The summed E-state index contributed by atoms with van der Waals surface area (Å²) >= 11 is 0. The summed E-state index contributed by atoms with van der Waals surface area (Å²) in [6.45, 7) is 3.13. The molecule has 0 unspecified atom stereocenters. The van der Waals surface area contributed by atoms with Crippen LogP contribution >= 0.6 is 0 Å². The van der Waals surface area contributed by atoms with E-state index in [-0.39, 0.29) is 6.42 Å². The first-order valence-corrected chi connectivity index (χ1v) is 16.1. The highest BCUT2D eigenvalue weighted by Gasteiger charge is 1.97. The summed E-state index contributed by atoms with van der Waals surface area (Å²) in [4.78, 5) is 10.3. The number of unbranched alkanes of at least 4 members (excludes halogenated alkanes) is 17. The van der Waals surface area contributed by atoms with E-state index >= 15 is 0 Å². The molecule has 3 N–H and O–H groups in total. The maximum atomic E-state index is 10.3. The van der Waals surface area contributed by atoms with Gasteiger partial charge in [-0.25, -0.2) is 0 Å². The molecule has 220 valence electrons. The summed E-state index contributed by atoms with van der Waals surface area (Å²) in [6.07, 6.45) is 23.5. The van der Waals surface area contributed by atoms with Crippen molar-refractivity contribution in [2.24, 2.45) is 0 Å². The smallest absolute Gasteiger partial charge is 0.100 e. The van der Waals surface area contributed by atoms with Crippen molar-refractivity contribution in [1.29, 1.82) is 0 Å². The summed E-state index contributed by atoms with van der Waals surface area (Å²) in [7, 11) is 0. The Hall–Kier alpha value is -2.75. The maximum absolute atomic E-state index is 10.3. The Morgan fingerprint density at radius 1 is 0.650 bits per heavy atom. The molecule has 0 aromatic heterocycles. The van der Waals surface area contributed by atoms with E-state index in [2.05, 4.69) is 78.8 Å². The average Bonchev–Trinajstić information content (AvgIpc) is 2.97. The number of carboxylic acid groups (broad SMARTS) is 1. The third kappa shape index (κ3) is 20.2. The van der Waals surface area contributed by atoms with Gasteiger partial charge in [0.05, 0.1) is 0 Å². The van der Waals surface area contributed by atoms with Crippen molar-refractivity contribution in [3.63, 3.8) is 0 Å². The summed E-state index contributed by atoms with van der Waals surface area (Å²) in [5.41, 5.74) is 5.23. The Morgan fingerprint density at radius 2 is 1.12 bits per heavy atom. The average molecular weight is 546 g/mol. The van der Waals surface area contributed by atoms with E-state index in [1.165, 1.54) is 99.8 Å². The largest absolute Gasteiger partial charge is 0.550 e. The molecule has 0 spiro atoms. The van der Waals surface area contributed by atoms with Crippen molar-refractivity contribution in [2.45, 2.75) is 142 Å². The van der Waals surface area contributed by atoms with Gasteiger partial charge < -0.3 is 15.6 Å². The number of carbonyl (C=O) groups excluding carboxylic acids is 1. The van der Waals surface area contributed by atoms with E-state index in [0.717, 1.165) is 45.1 Å². The molecular formula is C37H55NO2. The Balaban J connectivity index is 0.000000543. The molecule has 0 aliphatic heterocycles. The number of quaternary nitrogens is 1. The molecule has 3 heteroatoms. The number of rotatable bonds is 20. The zero-order chi connectivity index (χ0) is 28.9. The zero-order valence-electron chi connectivity index (χ0n) is 25.4. The number of hydrogen-bond donors (Lipinski definition) is 1. The van der Waals surface area contributed by atoms with Crippen molar-refractivity contribution >= 4 is 16.7 Å². The monoisotopic (exact) mass is 545 g/mol. The minimum Gasteiger partial charge on any atom is -0.550 e. The van der Waals surface area contributed by atoms with Crippen LogP contribution in [0.1, 0.15) is 141 Å². The van der Waals surface area contributed by atoms with Crippen molar-refractivity contribution < 1.29 is 15.6 Å². The number of carbonyl (C=O) groups is 1. The highest BCUT2D eigenvalue weighted by atomic mass is 16.4. The first-order chi connectivity index (χ1) is 19.7. The van der Waals surface area contributed by atoms with Crippen LogP contribution in [0, 0.1) is 23.7 Å². The fourth-order valence-electron chi connectivity index (χ4n) is 4.79. The molecule has 0 bridgehead atoms. The Morgan fingerprint density at radius 3 is 1.65 bits per heavy atom. The summed E-state index contributed by atoms with van der Waals surface area (Å²) < 4.78 is 0. The third-order valence-corrected chi connectivity index (χ3v) is 7.23. The van der Waals surface area contributed by atoms with Gasteiger partial charge in [0.25, 0.3) is 0 Å². The highest BCUT2D eigenvalue weighted by molar-refractivity contribution is 5.85. The molecule has 0 fully saturated rings. The van der Waals surface area contributed by atoms with Crippen LogP contribution in [0.5, 0.6) is 0 Å². The van der Waals surface area contributed by atoms with Crippen LogP contribution in [0.15, 0.2) is 42.5 Å². The lowest BCUT2D eigenvalue weighted by molar-refractivity contribution is -0.386. The molecule has 0 saturated heterocycles. The predicted octanol–water partition coefficient (Wildman–Crippen LogP) is 8.15. The molecule has 2 aromatic rings. The quantitative estimate of drug-likeness (QED) is 0.135. The normalized spacial score (nSPS) is 10.2. The lowest BCUT2D eigenvalue weighted by Crippen LogP contribution is -2.47. The zero-order valence-corrected chi connectivity index (χ0v) is 25.4. The van der Waals surface area contributed by atoms with Gasteiger partial charge in [0.2, 0.25) is 0 Å². The molecule has 3 nitrogen and oxygen atoms in total. The number of hydrogen-bond acceptors (Lipinski definition) is 2. The summed E-state index contributed by atoms with van der Waals surface area (Å²) in [5.74, 6) is 11.4. The lowest BCUT2D eigenvalue weighted by atomic mass is 10.1. The maximum Gasteiger partial charge on any atom is 0.100 e. The number of carboxylic acids is 1. The second kappa shape index (κ2) is 26.5. The second-order valence-electron chi connectivity index (χ2n) is 10.8. The van der Waals surface area contributed by atoms with Crippen molar-refractivity contribution in [2.75, 3.05) is 0 Å². The molecule has 40 heavy (non-hydrogen) atoms. The third-order valence-electron chi connectivity index (χ3n) is 7.23. The first kappa shape index (κ1) is 35.3.